The van der Waals surface area contributed by atoms with Gasteiger partial charge in [-0.15, -0.1) is 0 Å². The molecule has 3 aromatic rings. The molecule has 2 atom stereocenters. The van der Waals surface area contributed by atoms with Gasteiger partial charge in [-0.3, -0.25) is 4.79 Å². The normalized spacial score (nSPS) is 12.7. The zero-order valence-electron chi connectivity index (χ0n) is 20.1. The third-order valence-electron chi connectivity index (χ3n) is 5.24. The Kier molecular flexibility index (Phi) is 8.51. The van der Waals surface area contributed by atoms with Gasteiger partial charge < -0.3 is 19.9 Å². The highest BCUT2D eigenvalue weighted by Crippen LogP contribution is 2.34. The van der Waals surface area contributed by atoms with Crippen LogP contribution >= 0.6 is 0 Å². The van der Waals surface area contributed by atoms with Gasteiger partial charge in [-0.25, -0.2) is 14.4 Å². The first-order valence-electron chi connectivity index (χ1n) is 11.1. The van der Waals surface area contributed by atoms with Crippen LogP contribution in [0.2, 0.25) is 0 Å². The fourth-order valence-corrected chi connectivity index (χ4v) is 3.45. The van der Waals surface area contributed by atoms with Crippen LogP contribution in [-0.2, 0) is 25.2 Å². The van der Waals surface area contributed by atoms with E-state index in [0.717, 1.165) is 12.1 Å². The van der Waals surface area contributed by atoms with E-state index in [4.69, 9.17) is 9.47 Å². The highest BCUT2D eigenvalue weighted by Gasteiger charge is 2.42. The molecular formula is C27H22F3NO7. The van der Waals surface area contributed by atoms with Gasteiger partial charge >= 0.3 is 24.1 Å². The maximum absolute atomic E-state index is 13.4. The van der Waals surface area contributed by atoms with Gasteiger partial charge in [-0.05, 0) is 50.2 Å². The first kappa shape index (κ1) is 27.9. The Morgan fingerprint density at radius 2 is 1.26 bits per heavy atom. The Morgan fingerprint density at radius 3 is 1.74 bits per heavy atom. The SMILES string of the molecule is Cc1cccc(C(=O)O[C@H](C(=O)O)[C@H](OC(=O)c2cccc(C)c2)C(=O)Nc2ccccc2C(F)(F)F)c1. The van der Waals surface area contributed by atoms with Crippen LogP contribution in [0.1, 0.15) is 37.4 Å². The van der Waals surface area contributed by atoms with Crippen molar-refractivity contribution in [2.45, 2.75) is 32.2 Å². The fraction of sp³-hybridized carbons (Fsp3) is 0.185. The average molecular weight is 529 g/mol. The van der Waals surface area contributed by atoms with Gasteiger partial charge in [0.1, 0.15) is 0 Å². The number of halogens is 3. The molecule has 8 nitrogen and oxygen atoms in total. The summed E-state index contributed by atoms with van der Waals surface area (Å²) in [5.41, 5.74) is -0.762. The Morgan fingerprint density at radius 1 is 0.763 bits per heavy atom. The molecule has 0 radical (unpaired) electrons. The van der Waals surface area contributed by atoms with E-state index in [2.05, 4.69) is 0 Å². The van der Waals surface area contributed by atoms with Gasteiger partial charge in [0.15, 0.2) is 0 Å². The molecule has 2 N–H and O–H groups in total. The van der Waals surface area contributed by atoms with Crippen LogP contribution in [0.15, 0.2) is 72.8 Å². The lowest BCUT2D eigenvalue weighted by Crippen LogP contribution is -2.48. The van der Waals surface area contributed by atoms with Crippen molar-refractivity contribution in [3.63, 3.8) is 0 Å². The smallest absolute Gasteiger partial charge is 0.418 e. The predicted molar refractivity (Wildman–Crippen MR) is 128 cm³/mol. The number of anilines is 1. The quantitative estimate of drug-likeness (QED) is 0.403. The van der Waals surface area contributed by atoms with E-state index in [1.54, 1.807) is 26.0 Å². The van der Waals surface area contributed by atoms with Gasteiger partial charge in [-0.1, -0.05) is 47.5 Å². The van der Waals surface area contributed by atoms with E-state index in [1.807, 2.05) is 5.32 Å². The topological polar surface area (TPSA) is 119 Å². The van der Waals surface area contributed by atoms with Crippen molar-refractivity contribution in [3.05, 3.63) is 101 Å². The van der Waals surface area contributed by atoms with Gasteiger partial charge in [0.2, 0.25) is 12.2 Å². The standard InChI is InChI=1S/C27H22F3NO7/c1-15-7-5-9-17(13-15)25(35)37-21(23(32)31-20-12-4-3-11-19(20)27(28,29)30)22(24(33)34)38-26(36)18-10-6-8-16(2)14-18/h3-14,21-22H,1-2H3,(H,31,32)(H,33,34)/t21-,22-/m0/s1. The lowest BCUT2D eigenvalue weighted by atomic mass is 10.1. The van der Waals surface area contributed by atoms with Gasteiger partial charge in [0.25, 0.3) is 5.91 Å². The molecule has 0 aromatic heterocycles. The summed E-state index contributed by atoms with van der Waals surface area (Å²) >= 11 is 0. The summed E-state index contributed by atoms with van der Waals surface area (Å²) in [6.07, 6.45) is -9.60. The van der Waals surface area contributed by atoms with Crippen LogP contribution in [0.25, 0.3) is 0 Å². The fourth-order valence-electron chi connectivity index (χ4n) is 3.45. The molecule has 0 spiro atoms. The molecule has 3 rings (SSSR count). The minimum atomic E-state index is -4.86. The number of amides is 1. The van der Waals surface area contributed by atoms with Crippen molar-refractivity contribution < 1.29 is 46.9 Å². The zero-order chi connectivity index (χ0) is 28.0. The Bertz CT molecular complexity index is 1370. The molecule has 0 saturated heterocycles. The molecule has 0 aliphatic rings. The number of carbonyl (C=O) groups is 4. The molecule has 11 heteroatoms. The monoisotopic (exact) mass is 529 g/mol. The maximum Gasteiger partial charge on any atom is 0.418 e. The van der Waals surface area contributed by atoms with Crippen LogP contribution in [0.3, 0.4) is 0 Å². The van der Waals surface area contributed by atoms with E-state index in [9.17, 15) is 37.5 Å². The Labute approximate surface area is 215 Å². The number of hydrogen-bond donors (Lipinski definition) is 2. The summed E-state index contributed by atoms with van der Waals surface area (Å²) in [6, 6.07) is 15.8. The number of nitrogens with one attached hydrogen (secondary N) is 1. The molecule has 0 saturated carbocycles. The highest BCUT2D eigenvalue weighted by atomic mass is 19.4. The molecule has 0 unspecified atom stereocenters. The number of aryl methyl sites for hydroxylation is 2. The van der Waals surface area contributed by atoms with Crippen molar-refractivity contribution >= 4 is 29.5 Å². The summed E-state index contributed by atoms with van der Waals surface area (Å²) in [6.45, 7) is 3.34. The van der Waals surface area contributed by atoms with Crippen molar-refractivity contribution in [2.24, 2.45) is 0 Å². The molecule has 3 aromatic carbocycles. The number of carbonyl (C=O) groups excluding carboxylic acids is 3. The van der Waals surface area contributed by atoms with E-state index in [0.29, 0.717) is 17.2 Å². The Balaban J connectivity index is 1.98. The number of para-hydroxylation sites is 1. The van der Waals surface area contributed by atoms with Crippen LogP contribution in [0.5, 0.6) is 0 Å². The van der Waals surface area contributed by atoms with Crippen molar-refractivity contribution in [3.8, 4) is 0 Å². The molecular weight excluding hydrogens is 507 g/mol. The van der Waals surface area contributed by atoms with Gasteiger partial charge in [0, 0.05) is 0 Å². The van der Waals surface area contributed by atoms with E-state index < -0.39 is 53.5 Å². The summed E-state index contributed by atoms with van der Waals surface area (Å²) in [4.78, 5) is 50.7. The minimum Gasteiger partial charge on any atom is -0.478 e. The lowest BCUT2D eigenvalue weighted by molar-refractivity contribution is -0.157. The number of benzene rings is 3. The third kappa shape index (κ3) is 6.96. The van der Waals surface area contributed by atoms with Crippen LogP contribution < -0.4 is 5.32 Å². The van der Waals surface area contributed by atoms with E-state index in [-0.39, 0.29) is 11.1 Å². The molecule has 0 aliphatic carbocycles. The predicted octanol–water partition coefficient (Wildman–Crippen LogP) is 4.80. The summed E-state index contributed by atoms with van der Waals surface area (Å²) in [5, 5.41) is 11.7. The largest absolute Gasteiger partial charge is 0.478 e. The number of ether oxygens (including phenoxy) is 2. The van der Waals surface area contributed by atoms with Crippen LogP contribution in [0.4, 0.5) is 18.9 Å². The number of carboxylic acid groups (broad SMARTS) is 1. The molecule has 0 heterocycles. The van der Waals surface area contributed by atoms with Crippen molar-refractivity contribution in [1.29, 1.82) is 0 Å². The summed E-state index contributed by atoms with van der Waals surface area (Å²) < 4.78 is 50.5. The summed E-state index contributed by atoms with van der Waals surface area (Å²) in [7, 11) is 0. The van der Waals surface area contributed by atoms with E-state index >= 15 is 0 Å². The number of alkyl halides is 3. The molecule has 0 bridgehead atoms. The lowest BCUT2D eigenvalue weighted by Gasteiger charge is -2.24. The van der Waals surface area contributed by atoms with Crippen molar-refractivity contribution in [2.75, 3.05) is 5.32 Å². The number of hydrogen-bond acceptors (Lipinski definition) is 6. The highest BCUT2D eigenvalue weighted by molar-refractivity contribution is 6.02. The number of esters is 2. The second kappa shape index (κ2) is 11.6. The number of aliphatic carboxylic acids is 1. The molecule has 0 fully saturated rings. The third-order valence-corrected chi connectivity index (χ3v) is 5.24. The van der Waals surface area contributed by atoms with Crippen LogP contribution in [-0.4, -0.2) is 41.1 Å². The van der Waals surface area contributed by atoms with Gasteiger partial charge in [-0.2, -0.15) is 13.2 Å². The second-order valence-electron chi connectivity index (χ2n) is 8.26. The second-order valence-corrected chi connectivity index (χ2v) is 8.26. The number of rotatable bonds is 8. The molecule has 198 valence electrons. The number of carboxylic acids is 1. The van der Waals surface area contributed by atoms with Gasteiger partial charge in [0.05, 0.1) is 22.4 Å². The maximum atomic E-state index is 13.4. The summed E-state index contributed by atoms with van der Waals surface area (Å²) in [5.74, 6) is -5.63. The molecule has 0 aliphatic heterocycles. The average Bonchev–Trinajstić information content (AvgIpc) is 2.85. The Hall–Kier alpha value is -4.67. The van der Waals surface area contributed by atoms with Crippen molar-refractivity contribution in [1.82, 2.24) is 0 Å². The minimum absolute atomic E-state index is 0.0529. The zero-order valence-corrected chi connectivity index (χ0v) is 20.1. The molecule has 38 heavy (non-hydrogen) atoms. The van der Waals surface area contributed by atoms with Crippen LogP contribution in [0, 0.1) is 13.8 Å². The first-order chi connectivity index (χ1) is 17.9. The van der Waals surface area contributed by atoms with E-state index in [1.165, 1.54) is 42.5 Å². The first-order valence-corrected chi connectivity index (χ1v) is 11.1. The molecule has 1 amide bonds.